The number of anilines is 1. The van der Waals surface area contributed by atoms with Gasteiger partial charge in [-0.05, 0) is 55.9 Å². The number of nitrogens with one attached hydrogen (secondary N) is 1. The van der Waals surface area contributed by atoms with Gasteiger partial charge in [0.1, 0.15) is 0 Å². The lowest BCUT2D eigenvalue weighted by atomic mass is 10.2. The third-order valence-electron chi connectivity index (χ3n) is 3.80. The van der Waals surface area contributed by atoms with E-state index >= 15 is 0 Å². The zero-order valence-corrected chi connectivity index (χ0v) is 15.7. The molecule has 0 spiro atoms. The van der Waals surface area contributed by atoms with Crippen LogP contribution < -0.4 is 5.32 Å². The third kappa shape index (κ3) is 4.90. The molecule has 1 aromatic carbocycles. The van der Waals surface area contributed by atoms with Crippen molar-refractivity contribution in [3.8, 4) is 0 Å². The topological polar surface area (TPSA) is 37.4 Å². The molecule has 4 nitrogen and oxygen atoms in total. The number of halogens is 1. The number of hydrogen-bond acceptors (Lipinski definition) is 3. The maximum atomic E-state index is 6.19. The largest absolute Gasteiger partial charge is 0.383 e. The standard InChI is InChI=1S/C18H22ClN3OS/c1-13-7-8-15(12-16(13)19)21-18(24)22(10-11-23-3)14(2)17-6-4-5-9-20-17/h4-9,12,14H,10-11H2,1-3H3,(H,21,24). The van der Waals surface area contributed by atoms with Gasteiger partial charge in [-0.25, -0.2) is 0 Å². The lowest BCUT2D eigenvalue weighted by Crippen LogP contribution is -2.39. The Morgan fingerprint density at radius 2 is 2.17 bits per heavy atom. The minimum Gasteiger partial charge on any atom is -0.383 e. The summed E-state index contributed by atoms with van der Waals surface area (Å²) in [5, 5.41) is 4.59. The Morgan fingerprint density at radius 1 is 1.38 bits per heavy atom. The van der Waals surface area contributed by atoms with E-state index in [-0.39, 0.29) is 6.04 Å². The van der Waals surface area contributed by atoms with Gasteiger partial charge in [0, 0.05) is 30.6 Å². The lowest BCUT2D eigenvalue weighted by molar-refractivity contribution is 0.164. The van der Waals surface area contributed by atoms with Gasteiger partial charge in [0.05, 0.1) is 18.3 Å². The second kappa shape index (κ2) is 8.97. The first-order valence-electron chi connectivity index (χ1n) is 7.76. The highest BCUT2D eigenvalue weighted by Gasteiger charge is 2.19. The molecule has 0 aliphatic heterocycles. The maximum absolute atomic E-state index is 6.19. The van der Waals surface area contributed by atoms with Crippen molar-refractivity contribution in [1.29, 1.82) is 0 Å². The highest BCUT2D eigenvalue weighted by molar-refractivity contribution is 7.80. The molecule has 6 heteroatoms. The van der Waals surface area contributed by atoms with Crippen LogP contribution in [0.25, 0.3) is 0 Å². The maximum Gasteiger partial charge on any atom is 0.174 e. The summed E-state index contributed by atoms with van der Waals surface area (Å²) in [6.07, 6.45) is 1.79. The Bertz CT molecular complexity index is 681. The molecule has 0 aliphatic carbocycles. The molecule has 0 fully saturated rings. The molecule has 1 unspecified atom stereocenters. The Kier molecular flexibility index (Phi) is 6.97. The van der Waals surface area contributed by atoms with E-state index in [1.165, 1.54) is 0 Å². The summed E-state index contributed by atoms with van der Waals surface area (Å²) in [6, 6.07) is 11.7. The summed E-state index contributed by atoms with van der Waals surface area (Å²) in [7, 11) is 1.68. The molecular formula is C18H22ClN3OS. The highest BCUT2D eigenvalue weighted by Crippen LogP contribution is 2.22. The molecule has 0 saturated carbocycles. The summed E-state index contributed by atoms with van der Waals surface area (Å²) >= 11 is 11.8. The van der Waals surface area contributed by atoms with Crippen molar-refractivity contribution in [2.75, 3.05) is 25.6 Å². The molecule has 0 aliphatic rings. The van der Waals surface area contributed by atoms with Crippen LogP contribution in [0, 0.1) is 6.92 Å². The third-order valence-corrected chi connectivity index (χ3v) is 4.55. The SMILES string of the molecule is COCCN(C(=S)Nc1ccc(C)c(Cl)c1)C(C)c1ccccn1. The number of rotatable bonds is 6. The van der Waals surface area contributed by atoms with Crippen molar-refractivity contribution in [3.05, 3.63) is 58.9 Å². The van der Waals surface area contributed by atoms with E-state index in [0.29, 0.717) is 23.3 Å². The van der Waals surface area contributed by atoms with Gasteiger partial charge in [-0.2, -0.15) is 0 Å². The molecule has 0 radical (unpaired) electrons. The Labute approximate surface area is 153 Å². The molecule has 0 amide bonds. The highest BCUT2D eigenvalue weighted by atomic mass is 35.5. The molecule has 1 heterocycles. The molecule has 0 saturated heterocycles. The predicted octanol–water partition coefficient (Wildman–Crippen LogP) is 4.45. The Balaban J connectivity index is 2.16. The van der Waals surface area contributed by atoms with Gasteiger partial charge in [0.15, 0.2) is 5.11 Å². The van der Waals surface area contributed by atoms with Gasteiger partial charge >= 0.3 is 0 Å². The van der Waals surface area contributed by atoms with E-state index in [1.54, 1.807) is 13.3 Å². The van der Waals surface area contributed by atoms with Crippen molar-refractivity contribution in [2.24, 2.45) is 0 Å². The summed E-state index contributed by atoms with van der Waals surface area (Å²) in [6.45, 7) is 5.29. The molecule has 24 heavy (non-hydrogen) atoms. The molecule has 2 rings (SSSR count). The summed E-state index contributed by atoms with van der Waals surface area (Å²) < 4.78 is 5.22. The fraction of sp³-hybridized carbons (Fsp3) is 0.333. The van der Waals surface area contributed by atoms with Crippen LogP contribution in [0.15, 0.2) is 42.6 Å². The quantitative estimate of drug-likeness (QED) is 0.767. The second-order valence-corrected chi connectivity index (χ2v) is 6.30. The predicted molar refractivity (Wildman–Crippen MR) is 104 cm³/mol. The van der Waals surface area contributed by atoms with Gasteiger partial charge < -0.3 is 15.0 Å². The summed E-state index contributed by atoms with van der Waals surface area (Å²) in [5.74, 6) is 0. The molecule has 0 bridgehead atoms. The smallest absolute Gasteiger partial charge is 0.174 e. The van der Waals surface area contributed by atoms with E-state index in [1.807, 2.05) is 43.3 Å². The number of methoxy groups -OCH3 is 1. The van der Waals surface area contributed by atoms with Crippen LogP contribution in [0.4, 0.5) is 5.69 Å². The number of hydrogen-bond donors (Lipinski definition) is 1. The lowest BCUT2D eigenvalue weighted by Gasteiger charge is -2.31. The van der Waals surface area contributed by atoms with Crippen molar-refractivity contribution in [2.45, 2.75) is 19.9 Å². The fourth-order valence-electron chi connectivity index (χ4n) is 2.31. The van der Waals surface area contributed by atoms with Crippen molar-refractivity contribution < 1.29 is 4.74 Å². The van der Waals surface area contributed by atoms with Gasteiger partial charge in [0.25, 0.3) is 0 Å². The van der Waals surface area contributed by atoms with Crippen molar-refractivity contribution >= 4 is 34.6 Å². The minimum atomic E-state index is 0.0299. The molecule has 1 aromatic heterocycles. The monoisotopic (exact) mass is 363 g/mol. The number of pyridine rings is 1. The summed E-state index contributed by atoms with van der Waals surface area (Å²) in [5.41, 5.74) is 2.86. The van der Waals surface area contributed by atoms with E-state index in [9.17, 15) is 0 Å². The van der Waals surface area contributed by atoms with E-state index in [2.05, 4.69) is 22.1 Å². The zero-order chi connectivity index (χ0) is 17.5. The number of benzene rings is 1. The van der Waals surface area contributed by atoms with Gasteiger partial charge in [-0.3, -0.25) is 4.98 Å². The van der Waals surface area contributed by atoms with Gasteiger partial charge in [0.2, 0.25) is 0 Å². The van der Waals surface area contributed by atoms with Crippen LogP contribution in [-0.4, -0.2) is 35.3 Å². The number of nitrogens with zero attached hydrogens (tertiary/aromatic N) is 2. The number of aromatic nitrogens is 1. The van der Waals surface area contributed by atoms with E-state index in [0.717, 1.165) is 16.9 Å². The number of ether oxygens (including phenoxy) is 1. The average molecular weight is 364 g/mol. The van der Waals surface area contributed by atoms with Crippen LogP contribution in [0.1, 0.15) is 24.2 Å². The molecule has 128 valence electrons. The van der Waals surface area contributed by atoms with Crippen LogP contribution >= 0.6 is 23.8 Å². The second-order valence-electron chi connectivity index (χ2n) is 5.51. The number of aryl methyl sites for hydroxylation is 1. The van der Waals surface area contributed by atoms with Crippen molar-refractivity contribution in [3.63, 3.8) is 0 Å². The van der Waals surface area contributed by atoms with E-state index in [4.69, 9.17) is 28.6 Å². The Hall–Kier alpha value is -1.69. The van der Waals surface area contributed by atoms with Gasteiger partial charge in [-0.1, -0.05) is 23.7 Å². The normalized spacial score (nSPS) is 11.8. The first-order chi connectivity index (χ1) is 11.5. The molecule has 2 aromatic rings. The fourth-order valence-corrected chi connectivity index (χ4v) is 2.86. The van der Waals surface area contributed by atoms with Crippen LogP contribution in [0.2, 0.25) is 5.02 Å². The zero-order valence-electron chi connectivity index (χ0n) is 14.1. The average Bonchev–Trinajstić information content (AvgIpc) is 2.59. The first kappa shape index (κ1) is 18.6. The van der Waals surface area contributed by atoms with Crippen LogP contribution in [-0.2, 0) is 4.74 Å². The van der Waals surface area contributed by atoms with Crippen LogP contribution in [0.3, 0.4) is 0 Å². The molecular weight excluding hydrogens is 342 g/mol. The Morgan fingerprint density at radius 3 is 2.79 bits per heavy atom. The van der Waals surface area contributed by atoms with Gasteiger partial charge in [-0.15, -0.1) is 0 Å². The minimum absolute atomic E-state index is 0.0299. The number of thiocarbonyl (C=S) groups is 1. The van der Waals surface area contributed by atoms with E-state index < -0.39 is 0 Å². The van der Waals surface area contributed by atoms with Crippen LogP contribution in [0.5, 0.6) is 0 Å². The van der Waals surface area contributed by atoms with Crippen molar-refractivity contribution in [1.82, 2.24) is 9.88 Å². The summed E-state index contributed by atoms with van der Waals surface area (Å²) in [4.78, 5) is 6.50. The molecule has 1 atom stereocenters. The first-order valence-corrected chi connectivity index (χ1v) is 8.55. The molecule has 1 N–H and O–H groups in total.